The van der Waals surface area contributed by atoms with E-state index in [9.17, 15) is 4.79 Å². The third-order valence-electron chi connectivity index (χ3n) is 3.56. The van der Waals surface area contributed by atoms with Gasteiger partial charge in [-0.2, -0.15) is 0 Å². The van der Waals surface area contributed by atoms with Gasteiger partial charge in [0.2, 0.25) is 0 Å². The Hall–Kier alpha value is -0.610. The van der Waals surface area contributed by atoms with Gasteiger partial charge >= 0.3 is 5.97 Å². The normalized spacial score (nSPS) is 23.3. The Bertz CT molecular complexity index is 233. The average molecular weight is 226 g/mol. The van der Waals surface area contributed by atoms with E-state index in [-0.39, 0.29) is 5.97 Å². The summed E-state index contributed by atoms with van der Waals surface area (Å²) in [5, 5.41) is 3.58. The molecule has 1 aliphatic heterocycles. The zero-order chi connectivity index (χ0) is 11.4. The summed E-state index contributed by atoms with van der Waals surface area (Å²) in [7, 11) is 1.45. The van der Waals surface area contributed by atoms with Crippen molar-refractivity contribution in [3.8, 4) is 0 Å². The van der Waals surface area contributed by atoms with Crippen molar-refractivity contribution < 1.29 is 9.53 Å². The molecule has 0 atom stereocenters. The molecule has 1 N–H and O–H groups in total. The van der Waals surface area contributed by atoms with Gasteiger partial charge in [-0.05, 0) is 51.2 Å². The number of piperidine rings is 1. The van der Waals surface area contributed by atoms with Crippen LogP contribution < -0.4 is 5.32 Å². The number of rotatable bonds is 5. The van der Waals surface area contributed by atoms with Crippen LogP contribution >= 0.6 is 0 Å². The zero-order valence-electron chi connectivity index (χ0n) is 10.1. The van der Waals surface area contributed by atoms with Crippen LogP contribution in [0.2, 0.25) is 0 Å². The molecular formula is C12H22N2O2. The molecule has 1 saturated carbocycles. The summed E-state index contributed by atoms with van der Waals surface area (Å²) in [6.07, 6.45) is 5.13. The highest BCUT2D eigenvalue weighted by Gasteiger charge is 2.24. The molecule has 1 saturated heterocycles. The molecule has 0 bridgehead atoms. The quantitative estimate of drug-likeness (QED) is 0.698. The Morgan fingerprint density at radius 2 is 2.00 bits per heavy atom. The van der Waals surface area contributed by atoms with Gasteiger partial charge in [-0.25, -0.2) is 0 Å². The molecule has 0 aromatic heterocycles. The third-order valence-corrected chi connectivity index (χ3v) is 3.56. The fourth-order valence-corrected chi connectivity index (χ4v) is 2.22. The number of hydrogen-bond donors (Lipinski definition) is 1. The topological polar surface area (TPSA) is 41.6 Å². The fourth-order valence-electron chi connectivity index (χ4n) is 2.22. The molecular weight excluding hydrogens is 204 g/mol. The fraction of sp³-hybridized carbons (Fsp3) is 0.917. The van der Waals surface area contributed by atoms with Crippen LogP contribution in [0.1, 0.15) is 25.7 Å². The summed E-state index contributed by atoms with van der Waals surface area (Å²) >= 11 is 0. The molecule has 0 aromatic rings. The number of ether oxygens (including phenoxy) is 1. The van der Waals surface area contributed by atoms with Crippen molar-refractivity contribution in [1.82, 2.24) is 10.2 Å². The van der Waals surface area contributed by atoms with Gasteiger partial charge in [-0.15, -0.1) is 0 Å². The van der Waals surface area contributed by atoms with E-state index in [1.54, 1.807) is 0 Å². The van der Waals surface area contributed by atoms with Crippen LogP contribution in [0, 0.1) is 5.92 Å². The lowest BCUT2D eigenvalue weighted by Gasteiger charge is -2.31. The van der Waals surface area contributed by atoms with Gasteiger partial charge in [0.05, 0.1) is 13.7 Å². The van der Waals surface area contributed by atoms with Crippen LogP contribution in [0.15, 0.2) is 0 Å². The maximum Gasteiger partial charge on any atom is 0.319 e. The van der Waals surface area contributed by atoms with Crippen molar-refractivity contribution >= 4 is 5.97 Å². The Morgan fingerprint density at radius 3 is 2.56 bits per heavy atom. The van der Waals surface area contributed by atoms with Crippen molar-refractivity contribution in [1.29, 1.82) is 0 Å². The van der Waals surface area contributed by atoms with Gasteiger partial charge in [0.15, 0.2) is 0 Å². The Morgan fingerprint density at radius 1 is 1.31 bits per heavy atom. The van der Waals surface area contributed by atoms with E-state index >= 15 is 0 Å². The van der Waals surface area contributed by atoms with E-state index in [4.69, 9.17) is 0 Å². The minimum Gasteiger partial charge on any atom is -0.468 e. The number of nitrogens with zero attached hydrogens (tertiary/aromatic N) is 1. The summed E-state index contributed by atoms with van der Waals surface area (Å²) in [6.45, 7) is 3.69. The first-order valence-electron chi connectivity index (χ1n) is 6.30. The lowest BCUT2D eigenvalue weighted by atomic mass is 9.97. The highest BCUT2D eigenvalue weighted by molar-refractivity contribution is 5.71. The lowest BCUT2D eigenvalue weighted by Crippen LogP contribution is -2.40. The molecule has 2 fully saturated rings. The maximum atomic E-state index is 11.1. The van der Waals surface area contributed by atoms with Crippen molar-refractivity contribution in [2.45, 2.75) is 31.7 Å². The molecule has 4 heteroatoms. The first kappa shape index (κ1) is 11.9. The number of likely N-dealkylation sites (tertiary alicyclic amines) is 1. The van der Waals surface area contributed by atoms with Crippen LogP contribution in [-0.2, 0) is 9.53 Å². The van der Waals surface area contributed by atoms with E-state index in [0.717, 1.165) is 31.6 Å². The molecule has 0 unspecified atom stereocenters. The second kappa shape index (κ2) is 5.64. The van der Waals surface area contributed by atoms with Crippen LogP contribution in [-0.4, -0.2) is 50.2 Å². The monoisotopic (exact) mass is 226 g/mol. The van der Waals surface area contributed by atoms with E-state index in [0.29, 0.717) is 6.54 Å². The number of nitrogens with one attached hydrogen (secondary N) is 1. The Balaban J connectivity index is 1.59. The number of carbonyl (C=O) groups is 1. The predicted octanol–water partition coefficient (Wildman–Crippen LogP) is 0.623. The summed E-state index contributed by atoms with van der Waals surface area (Å²) in [6, 6.07) is 0.813. The van der Waals surface area contributed by atoms with Crippen LogP contribution in [0.25, 0.3) is 0 Å². The van der Waals surface area contributed by atoms with Crippen molar-refractivity contribution in [3.05, 3.63) is 0 Å². The Kier molecular flexibility index (Phi) is 4.18. The van der Waals surface area contributed by atoms with E-state index < -0.39 is 0 Å². The van der Waals surface area contributed by atoms with E-state index in [2.05, 4.69) is 15.0 Å². The standard InChI is InChI=1S/C12H22N2O2/c1-16-12(15)9-14-6-4-10(5-7-14)8-13-11-2-3-11/h10-11,13H,2-9H2,1H3. The van der Waals surface area contributed by atoms with Gasteiger partial charge in [0.25, 0.3) is 0 Å². The molecule has 1 aliphatic carbocycles. The third kappa shape index (κ3) is 3.76. The summed E-state index contributed by atoms with van der Waals surface area (Å²) < 4.78 is 4.67. The second-order valence-corrected chi connectivity index (χ2v) is 4.98. The number of methoxy groups -OCH3 is 1. The first-order valence-corrected chi connectivity index (χ1v) is 6.30. The molecule has 2 aliphatic rings. The molecule has 0 amide bonds. The van der Waals surface area contributed by atoms with Crippen LogP contribution in [0.3, 0.4) is 0 Å². The summed E-state index contributed by atoms with van der Waals surface area (Å²) in [5.74, 6) is 0.684. The highest BCUT2D eigenvalue weighted by atomic mass is 16.5. The number of hydrogen-bond acceptors (Lipinski definition) is 4. The largest absolute Gasteiger partial charge is 0.468 e. The van der Waals surface area contributed by atoms with Gasteiger partial charge in [0.1, 0.15) is 0 Å². The minimum absolute atomic E-state index is 0.116. The summed E-state index contributed by atoms with van der Waals surface area (Å²) in [5.41, 5.74) is 0. The smallest absolute Gasteiger partial charge is 0.319 e. The number of esters is 1. The minimum atomic E-state index is -0.116. The first-order chi connectivity index (χ1) is 7.78. The lowest BCUT2D eigenvalue weighted by molar-refractivity contribution is -0.142. The predicted molar refractivity (Wildman–Crippen MR) is 62.2 cm³/mol. The molecule has 1 heterocycles. The van der Waals surface area contributed by atoms with E-state index in [1.807, 2.05) is 0 Å². The van der Waals surface area contributed by atoms with Gasteiger partial charge < -0.3 is 10.1 Å². The Labute approximate surface area is 97.3 Å². The maximum absolute atomic E-state index is 11.1. The van der Waals surface area contributed by atoms with E-state index in [1.165, 1.54) is 32.8 Å². The summed E-state index contributed by atoms with van der Waals surface area (Å²) in [4.78, 5) is 13.3. The molecule has 16 heavy (non-hydrogen) atoms. The van der Waals surface area contributed by atoms with Crippen molar-refractivity contribution in [2.24, 2.45) is 5.92 Å². The van der Waals surface area contributed by atoms with Crippen LogP contribution in [0.5, 0.6) is 0 Å². The number of carbonyl (C=O) groups excluding carboxylic acids is 1. The van der Waals surface area contributed by atoms with Crippen molar-refractivity contribution in [3.63, 3.8) is 0 Å². The molecule has 92 valence electrons. The van der Waals surface area contributed by atoms with Crippen LogP contribution in [0.4, 0.5) is 0 Å². The van der Waals surface area contributed by atoms with Gasteiger partial charge in [-0.1, -0.05) is 0 Å². The van der Waals surface area contributed by atoms with Gasteiger partial charge in [0, 0.05) is 6.04 Å². The molecule has 0 radical (unpaired) electrons. The molecule has 0 spiro atoms. The molecule has 2 rings (SSSR count). The average Bonchev–Trinajstić information content (AvgIpc) is 3.12. The SMILES string of the molecule is COC(=O)CN1CCC(CNC2CC2)CC1. The second-order valence-electron chi connectivity index (χ2n) is 4.98. The molecule has 0 aromatic carbocycles. The van der Waals surface area contributed by atoms with Gasteiger partial charge in [-0.3, -0.25) is 9.69 Å². The zero-order valence-corrected chi connectivity index (χ0v) is 10.1. The highest BCUT2D eigenvalue weighted by Crippen LogP contribution is 2.21. The van der Waals surface area contributed by atoms with Crippen molar-refractivity contribution in [2.75, 3.05) is 33.3 Å². The molecule has 4 nitrogen and oxygen atoms in total.